The molecule has 5 heteroatoms. The number of methoxy groups -OCH3 is 1. The summed E-state index contributed by atoms with van der Waals surface area (Å²) < 4.78 is 5.42. The molecule has 0 saturated carbocycles. The molecule has 0 N–H and O–H groups in total. The molecule has 1 aromatic heterocycles. The molecule has 0 bridgehead atoms. The van der Waals surface area contributed by atoms with Gasteiger partial charge in [0.05, 0.1) is 12.1 Å². The van der Waals surface area contributed by atoms with Crippen LogP contribution < -0.4 is 4.74 Å². The van der Waals surface area contributed by atoms with E-state index in [0.29, 0.717) is 31.9 Å². The van der Waals surface area contributed by atoms with Crippen LogP contribution in [0.5, 0.6) is 5.75 Å². The van der Waals surface area contributed by atoms with Gasteiger partial charge in [0.25, 0.3) is 0 Å². The van der Waals surface area contributed by atoms with Gasteiger partial charge in [-0.05, 0) is 30.3 Å². The van der Waals surface area contributed by atoms with Gasteiger partial charge in [-0.3, -0.25) is 4.98 Å². The van der Waals surface area contributed by atoms with Crippen molar-refractivity contribution < 1.29 is 4.74 Å². The summed E-state index contributed by atoms with van der Waals surface area (Å²) in [5.74, 6) is 0.626. The van der Waals surface area contributed by atoms with Crippen molar-refractivity contribution in [3.05, 3.63) is 57.7 Å². The topological polar surface area (TPSA) is 22.1 Å². The highest BCUT2D eigenvalue weighted by Crippen LogP contribution is 2.43. The lowest BCUT2D eigenvalue weighted by molar-refractivity contribution is 0.419. The molecule has 0 spiro atoms. The first-order valence-electron chi connectivity index (χ1n) is 6.19. The first kappa shape index (κ1) is 14.5. The van der Waals surface area contributed by atoms with E-state index in [4.69, 9.17) is 39.5 Å². The van der Waals surface area contributed by atoms with Gasteiger partial charge in [0, 0.05) is 32.8 Å². The fourth-order valence-electron chi connectivity index (χ4n) is 2.28. The largest absolute Gasteiger partial charge is 0.494 e. The summed E-state index contributed by atoms with van der Waals surface area (Å²) >= 11 is 19.1. The summed E-state index contributed by atoms with van der Waals surface area (Å²) in [6.07, 6.45) is 1.70. The molecule has 0 aliphatic heterocycles. The number of hydrogen-bond donors (Lipinski definition) is 0. The molecule has 1 heterocycles. The highest BCUT2D eigenvalue weighted by atomic mass is 35.5. The fourth-order valence-corrected chi connectivity index (χ4v) is 3.18. The molecular weight excluding hydrogens is 329 g/mol. The highest BCUT2D eigenvalue weighted by Gasteiger charge is 2.17. The van der Waals surface area contributed by atoms with Gasteiger partial charge < -0.3 is 4.74 Å². The van der Waals surface area contributed by atoms with Gasteiger partial charge in [-0.1, -0.05) is 40.9 Å². The molecule has 0 aliphatic carbocycles. The summed E-state index contributed by atoms with van der Waals surface area (Å²) in [6, 6.07) is 10.9. The average molecular weight is 339 g/mol. The minimum absolute atomic E-state index is 0.537. The van der Waals surface area contributed by atoms with Crippen molar-refractivity contribution in [2.45, 2.75) is 0 Å². The van der Waals surface area contributed by atoms with Crippen molar-refractivity contribution in [1.29, 1.82) is 0 Å². The molecular formula is C16H10Cl3NO. The van der Waals surface area contributed by atoms with Crippen LogP contribution in [0.2, 0.25) is 15.1 Å². The summed E-state index contributed by atoms with van der Waals surface area (Å²) in [4.78, 5) is 4.32. The zero-order valence-electron chi connectivity index (χ0n) is 11.0. The molecule has 0 fully saturated rings. The van der Waals surface area contributed by atoms with Gasteiger partial charge in [-0.25, -0.2) is 0 Å². The predicted molar refractivity (Wildman–Crippen MR) is 88.8 cm³/mol. The van der Waals surface area contributed by atoms with Gasteiger partial charge in [0.1, 0.15) is 11.3 Å². The van der Waals surface area contributed by atoms with Crippen LogP contribution in [-0.2, 0) is 0 Å². The second-order valence-electron chi connectivity index (χ2n) is 4.44. The molecule has 3 rings (SSSR count). The van der Waals surface area contributed by atoms with Crippen LogP contribution in [0.15, 0.2) is 42.6 Å². The Balaban J connectivity index is 2.41. The Kier molecular flexibility index (Phi) is 3.94. The van der Waals surface area contributed by atoms with E-state index in [1.54, 1.807) is 31.5 Å². The lowest BCUT2D eigenvalue weighted by Crippen LogP contribution is -1.92. The average Bonchev–Trinajstić information content (AvgIpc) is 2.49. The Hall–Kier alpha value is -1.48. The van der Waals surface area contributed by atoms with Crippen molar-refractivity contribution in [2.24, 2.45) is 0 Å². The number of aromatic nitrogens is 1. The number of ether oxygens (including phenoxy) is 1. The summed E-state index contributed by atoms with van der Waals surface area (Å²) in [5, 5.41) is 2.42. The Morgan fingerprint density at radius 2 is 1.71 bits per heavy atom. The minimum atomic E-state index is 0.537. The Morgan fingerprint density at radius 3 is 2.38 bits per heavy atom. The number of pyridine rings is 1. The number of hydrogen-bond acceptors (Lipinski definition) is 2. The van der Waals surface area contributed by atoms with Gasteiger partial charge in [-0.2, -0.15) is 0 Å². The van der Waals surface area contributed by atoms with E-state index < -0.39 is 0 Å². The van der Waals surface area contributed by atoms with E-state index in [1.807, 2.05) is 18.2 Å². The molecule has 106 valence electrons. The number of halogens is 3. The van der Waals surface area contributed by atoms with Crippen LogP contribution in [0.4, 0.5) is 0 Å². The van der Waals surface area contributed by atoms with Gasteiger partial charge in [-0.15, -0.1) is 0 Å². The highest BCUT2D eigenvalue weighted by molar-refractivity contribution is 6.43. The van der Waals surface area contributed by atoms with E-state index in [9.17, 15) is 0 Å². The molecule has 0 amide bonds. The second-order valence-corrected chi connectivity index (χ2v) is 5.63. The third kappa shape index (κ3) is 2.44. The third-order valence-corrected chi connectivity index (χ3v) is 4.28. The molecule has 0 aliphatic rings. The number of nitrogens with zero attached hydrogens (tertiary/aromatic N) is 1. The van der Waals surface area contributed by atoms with Crippen LogP contribution in [0.1, 0.15) is 0 Å². The maximum absolute atomic E-state index is 6.54. The maximum atomic E-state index is 6.54. The van der Waals surface area contributed by atoms with Crippen LogP contribution in [-0.4, -0.2) is 12.1 Å². The maximum Gasteiger partial charge on any atom is 0.145 e. The molecule has 0 unspecified atom stereocenters. The Bertz CT molecular complexity index is 813. The van der Waals surface area contributed by atoms with Crippen LogP contribution in [0.3, 0.4) is 0 Å². The molecule has 2 nitrogen and oxygen atoms in total. The molecule has 3 aromatic rings. The first-order chi connectivity index (χ1) is 10.1. The quantitative estimate of drug-likeness (QED) is 0.583. The molecule has 0 atom stereocenters. The zero-order valence-corrected chi connectivity index (χ0v) is 13.3. The fraction of sp³-hybridized carbons (Fsp3) is 0.0625. The van der Waals surface area contributed by atoms with E-state index in [1.165, 1.54) is 0 Å². The monoisotopic (exact) mass is 337 g/mol. The van der Waals surface area contributed by atoms with Crippen molar-refractivity contribution in [3.63, 3.8) is 0 Å². The summed E-state index contributed by atoms with van der Waals surface area (Å²) in [5.41, 5.74) is 2.12. The number of fused-ring (bicyclic) bond motifs is 1. The van der Waals surface area contributed by atoms with Crippen molar-refractivity contribution in [1.82, 2.24) is 4.98 Å². The van der Waals surface area contributed by atoms with E-state index >= 15 is 0 Å². The van der Waals surface area contributed by atoms with Crippen molar-refractivity contribution in [2.75, 3.05) is 7.11 Å². The van der Waals surface area contributed by atoms with Gasteiger partial charge >= 0.3 is 0 Å². The molecule has 0 saturated heterocycles. The lowest BCUT2D eigenvalue weighted by atomic mass is 10.0. The van der Waals surface area contributed by atoms with Gasteiger partial charge in [0.15, 0.2) is 0 Å². The molecule has 21 heavy (non-hydrogen) atoms. The van der Waals surface area contributed by atoms with Crippen LogP contribution in [0.25, 0.3) is 22.0 Å². The van der Waals surface area contributed by atoms with E-state index in [-0.39, 0.29) is 0 Å². The third-order valence-electron chi connectivity index (χ3n) is 3.24. The predicted octanol–water partition coefficient (Wildman–Crippen LogP) is 5.87. The normalized spacial score (nSPS) is 10.9. The van der Waals surface area contributed by atoms with Crippen LogP contribution >= 0.6 is 34.8 Å². The Labute approximate surface area is 137 Å². The second kappa shape index (κ2) is 5.72. The SMILES string of the molecule is COc1cc(-c2c(Cl)cccc2Cl)c(Cl)c2cccnc12. The first-order valence-corrected chi connectivity index (χ1v) is 7.32. The van der Waals surface area contributed by atoms with Crippen molar-refractivity contribution in [3.8, 4) is 16.9 Å². The van der Waals surface area contributed by atoms with E-state index in [0.717, 1.165) is 10.9 Å². The summed E-state index contributed by atoms with van der Waals surface area (Å²) in [6.45, 7) is 0. The van der Waals surface area contributed by atoms with E-state index in [2.05, 4.69) is 4.98 Å². The Morgan fingerprint density at radius 1 is 1.00 bits per heavy atom. The smallest absolute Gasteiger partial charge is 0.145 e. The van der Waals surface area contributed by atoms with Crippen LogP contribution in [0, 0.1) is 0 Å². The lowest BCUT2D eigenvalue weighted by Gasteiger charge is -2.13. The van der Waals surface area contributed by atoms with Crippen molar-refractivity contribution >= 4 is 45.7 Å². The number of rotatable bonds is 2. The zero-order chi connectivity index (χ0) is 15.0. The molecule has 2 aromatic carbocycles. The number of benzene rings is 2. The standard InChI is InChI=1S/C16H10Cl3NO/c1-21-13-8-10(14-11(17)5-2-6-12(14)18)15(19)9-4-3-7-20-16(9)13/h2-8H,1H3. The minimum Gasteiger partial charge on any atom is -0.494 e. The summed E-state index contributed by atoms with van der Waals surface area (Å²) in [7, 11) is 1.59. The molecule has 0 radical (unpaired) electrons. The van der Waals surface area contributed by atoms with Gasteiger partial charge in [0.2, 0.25) is 0 Å².